The Bertz CT molecular complexity index is 664. The molecule has 0 saturated carbocycles. The molecule has 0 aromatic heterocycles. The van der Waals surface area contributed by atoms with Crippen LogP contribution in [0.3, 0.4) is 0 Å². The van der Waals surface area contributed by atoms with Gasteiger partial charge in [0, 0.05) is 16.1 Å². The summed E-state index contributed by atoms with van der Waals surface area (Å²) in [7, 11) is 0. The molecule has 1 fully saturated rings. The Morgan fingerprint density at radius 3 is 2.48 bits per heavy atom. The molecule has 120 valence electrons. The zero-order valence-corrected chi connectivity index (χ0v) is 13.6. The summed E-state index contributed by atoms with van der Waals surface area (Å²) < 4.78 is 13.6. The first-order chi connectivity index (χ1) is 11.2. The number of halogens is 2. The largest absolute Gasteiger partial charge is 0.328 e. The van der Waals surface area contributed by atoms with Crippen molar-refractivity contribution in [2.75, 3.05) is 26.2 Å². The molecule has 0 atom stereocenters. The van der Waals surface area contributed by atoms with Gasteiger partial charge in [0.2, 0.25) is 0 Å². The summed E-state index contributed by atoms with van der Waals surface area (Å²) in [5.74, 6) is -0.233. The maximum absolute atomic E-state index is 13.6. The van der Waals surface area contributed by atoms with Crippen molar-refractivity contribution in [2.45, 2.75) is 6.54 Å². The lowest BCUT2D eigenvalue weighted by atomic mass is 10.2. The van der Waals surface area contributed by atoms with Crippen LogP contribution in [-0.4, -0.2) is 37.4 Å². The predicted octanol–water partition coefficient (Wildman–Crippen LogP) is 2.21. The van der Waals surface area contributed by atoms with Gasteiger partial charge in [0.15, 0.2) is 0 Å². The zero-order chi connectivity index (χ0) is 16.1. The Balaban J connectivity index is 1.50. The van der Waals surface area contributed by atoms with E-state index in [1.165, 1.54) is 16.5 Å². The molecule has 0 amide bonds. The van der Waals surface area contributed by atoms with Crippen LogP contribution in [0.15, 0.2) is 53.6 Å². The number of quaternary nitrogens is 1. The van der Waals surface area contributed by atoms with Crippen LogP contribution < -0.4 is 4.90 Å². The molecule has 0 radical (unpaired) electrons. The Morgan fingerprint density at radius 2 is 1.78 bits per heavy atom. The van der Waals surface area contributed by atoms with Gasteiger partial charge in [-0.05, 0) is 18.2 Å². The second-order valence-corrected chi connectivity index (χ2v) is 6.21. The molecule has 1 saturated heterocycles. The lowest BCUT2D eigenvalue weighted by Gasteiger charge is -2.30. The average Bonchev–Trinajstić information content (AvgIpc) is 2.58. The SMILES string of the molecule is Fc1ccccc1C=NN1CC[NH+](Cc2ccc(Cl)cc2)CC1. The number of benzene rings is 2. The van der Waals surface area contributed by atoms with Crippen molar-refractivity contribution >= 4 is 17.8 Å². The number of piperazine rings is 1. The molecule has 5 heteroatoms. The van der Waals surface area contributed by atoms with Gasteiger partial charge in [0.25, 0.3) is 0 Å². The minimum atomic E-state index is -0.233. The van der Waals surface area contributed by atoms with E-state index in [2.05, 4.69) is 17.2 Å². The van der Waals surface area contributed by atoms with Crippen LogP contribution in [-0.2, 0) is 6.54 Å². The molecule has 1 heterocycles. The van der Waals surface area contributed by atoms with Gasteiger partial charge in [0.1, 0.15) is 12.4 Å². The molecule has 3 nitrogen and oxygen atoms in total. The van der Waals surface area contributed by atoms with Crippen LogP contribution in [0.25, 0.3) is 0 Å². The van der Waals surface area contributed by atoms with E-state index in [4.69, 9.17) is 11.6 Å². The van der Waals surface area contributed by atoms with Crippen LogP contribution in [0.1, 0.15) is 11.1 Å². The van der Waals surface area contributed by atoms with Crippen LogP contribution in [0.2, 0.25) is 5.02 Å². The summed E-state index contributed by atoms with van der Waals surface area (Å²) >= 11 is 5.91. The topological polar surface area (TPSA) is 20.0 Å². The fourth-order valence-electron chi connectivity index (χ4n) is 2.72. The van der Waals surface area contributed by atoms with E-state index in [9.17, 15) is 4.39 Å². The number of hydrogen-bond donors (Lipinski definition) is 1. The highest BCUT2D eigenvalue weighted by atomic mass is 35.5. The lowest BCUT2D eigenvalue weighted by Crippen LogP contribution is -3.13. The molecular weight excluding hydrogens is 313 g/mol. The van der Waals surface area contributed by atoms with Gasteiger partial charge in [-0.3, -0.25) is 5.01 Å². The van der Waals surface area contributed by atoms with Crippen LogP contribution in [0.4, 0.5) is 4.39 Å². The van der Waals surface area contributed by atoms with E-state index in [-0.39, 0.29) is 5.82 Å². The van der Waals surface area contributed by atoms with Crippen LogP contribution in [0, 0.1) is 5.82 Å². The van der Waals surface area contributed by atoms with Crippen molar-refractivity contribution in [2.24, 2.45) is 5.10 Å². The molecule has 23 heavy (non-hydrogen) atoms. The third-order valence-electron chi connectivity index (χ3n) is 4.08. The van der Waals surface area contributed by atoms with E-state index >= 15 is 0 Å². The molecule has 0 unspecified atom stereocenters. The second-order valence-electron chi connectivity index (χ2n) is 5.77. The summed E-state index contributed by atoms with van der Waals surface area (Å²) in [6.45, 7) is 4.82. The summed E-state index contributed by atoms with van der Waals surface area (Å²) in [5, 5.41) is 7.19. The number of nitrogens with one attached hydrogen (secondary N) is 1. The fraction of sp³-hybridized carbons (Fsp3) is 0.278. The summed E-state index contributed by atoms with van der Waals surface area (Å²) in [6.07, 6.45) is 1.61. The molecular formula is C18H20ClFN3+. The van der Waals surface area contributed by atoms with E-state index in [1.54, 1.807) is 18.3 Å². The van der Waals surface area contributed by atoms with Crippen molar-refractivity contribution < 1.29 is 9.29 Å². The molecule has 0 bridgehead atoms. The predicted molar refractivity (Wildman–Crippen MR) is 91.4 cm³/mol. The molecule has 3 rings (SSSR count). The van der Waals surface area contributed by atoms with Crippen LogP contribution >= 0.6 is 11.6 Å². The molecule has 1 N–H and O–H groups in total. The average molecular weight is 333 g/mol. The van der Waals surface area contributed by atoms with Gasteiger partial charge in [-0.2, -0.15) is 5.10 Å². The molecule has 0 aliphatic carbocycles. The zero-order valence-electron chi connectivity index (χ0n) is 12.9. The molecule has 0 spiro atoms. The second kappa shape index (κ2) is 7.57. The first-order valence-electron chi connectivity index (χ1n) is 7.82. The Labute approximate surface area is 141 Å². The lowest BCUT2D eigenvalue weighted by molar-refractivity contribution is -0.918. The minimum absolute atomic E-state index is 0.233. The maximum atomic E-state index is 13.6. The monoisotopic (exact) mass is 332 g/mol. The van der Waals surface area contributed by atoms with E-state index in [0.717, 1.165) is 37.7 Å². The summed E-state index contributed by atoms with van der Waals surface area (Å²) in [6, 6.07) is 14.7. The van der Waals surface area contributed by atoms with E-state index in [1.807, 2.05) is 23.2 Å². The van der Waals surface area contributed by atoms with Crippen molar-refractivity contribution in [1.29, 1.82) is 0 Å². The highest BCUT2D eigenvalue weighted by Crippen LogP contribution is 2.08. The number of hydrogen-bond acceptors (Lipinski definition) is 2. The number of hydrazone groups is 1. The molecule has 1 aliphatic heterocycles. The number of nitrogens with zero attached hydrogens (tertiary/aromatic N) is 2. The minimum Gasteiger partial charge on any atom is -0.328 e. The third-order valence-corrected chi connectivity index (χ3v) is 4.33. The van der Waals surface area contributed by atoms with Crippen molar-refractivity contribution in [3.05, 3.63) is 70.5 Å². The van der Waals surface area contributed by atoms with Gasteiger partial charge in [-0.1, -0.05) is 41.9 Å². The Hall–Kier alpha value is -1.91. The van der Waals surface area contributed by atoms with Gasteiger partial charge < -0.3 is 4.90 Å². The Morgan fingerprint density at radius 1 is 1.09 bits per heavy atom. The van der Waals surface area contributed by atoms with Crippen molar-refractivity contribution in [3.63, 3.8) is 0 Å². The summed E-state index contributed by atoms with van der Waals surface area (Å²) in [5.41, 5.74) is 1.83. The summed E-state index contributed by atoms with van der Waals surface area (Å²) in [4.78, 5) is 1.53. The molecule has 1 aliphatic rings. The smallest absolute Gasteiger partial charge is 0.132 e. The third kappa shape index (κ3) is 4.53. The van der Waals surface area contributed by atoms with Gasteiger partial charge >= 0.3 is 0 Å². The van der Waals surface area contributed by atoms with E-state index < -0.39 is 0 Å². The normalized spacial score (nSPS) is 16.2. The maximum Gasteiger partial charge on any atom is 0.132 e. The van der Waals surface area contributed by atoms with Gasteiger partial charge in [0.05, 0.1) is 32.4 Å². The fourth-order valence-corrected chi connectivity index (χ4v) is 2.84. The Kier molecular flexibility index (Phi) is 5.26. The standard InChI is InChI=1S/C18H19ClFN3/c19-17-7-5-15(6-8-17)14-22-9-11-23(12-10-22)21-13-16-3-1-2-4-18(16)20/h1-8,13H,9-12,14H2/p+1. The molecule has 2 aromatic carbocycles. The molecule has 2 aromatic rings. The number of rotatable bonds is 4. The highest BCUT2D eigenvalue weighted by molar-refractivity contribution is 6.30. The van der Waals surface area contributed by atoms with Gasteiger partial charge in [-0.15, -0.1) is 0 Å². The first kappa shape index (κ1) is 16.0. The highest BCUT2D eigenvalue weighted by Gasteiger charge is 2.18. The quantitative estimate of drug-likeness (QED) is 0.851. The van der Waals surface area contributed by atoms with Gasteiger partial charge in [-0.25, -0.2) is 4.39 Å². The van der Waals surface area contributed by atoms with Crippen LogP contribution in [0.5, 0.6) is 0 Å². The van der Waals surface area contributed by atoms with Crippen molar-refractivity contribution in [3.8, 4) is 0 Å². The van der Waals surface area contributed by atoms with Crippen molar-refractivity contribution in [1.82, 2.24) is 5.01 Å². The van der Waals surface area contributed by atoms with E-state index in [0.29, 0.717) is 5.56 Å². The first-order valence-corrected chi connectivity index (χ1v) is 8.20.